The van der Waals surface area contributed by atoms with Gasteiger partial charge in [-0.2, -0.15) is 0 Å². The lowest BCUT2D eigenvalue weighted by Gasteiger charge is -2.18. The van der Waals surface area contributed by atoms with Crippen LogP contribution < -0.4 is 10.6 Å². The lowest BCUT2D eigenvalue weighted by molar-refractivity contribution is 0.112. The monoisotopic (exact) mass is 329 g/mol. The number of hydrogen-bond donors (Lipinski definition) is 2. The highest BCUT2D eigenvalue weighted by molar-refractivity contribution is 7.15. The van der Waals surface area contributed by atoms with Crippen molar-refractivity contribution >= 4 is 22.5 Å². The molecule has 4 rings (SSSR count). The number of aromatic nitrogens is 1. The number of urea groups is 1. The molecule has 6 heteroatoms. The van der Waals surface area contributed by atoms with Crippen molar-refractivity contribution in [2.75, 3.05) is 11.9 Å². The van der Waals surface area contributed by atoms with Crippen LogP contribution in [0.15, 0.2) is 30.3 Å². The molecule has 0 saturated heterocycles. The fourth-order valence-corrected chi connectivity index (χ4v) is 3.86. The van der Waals surface area contributed by atoms with Gasteiger partial charge in [0.15, 0.2) is 5.13 Å². The van der Waals surface area contributed by atoms with Gasteiger partial charge in [-0.05, 0) is 24.3 Å². The molecule has 0 spiro atoms. The number of rotatable bonds is 4. The van der Waals surface area contributed by atoms with Gasteiger partial charge in [0.05, 0.1) is 29.8 Å². The Labute approximate surface area is 139 Å². The van der Waals surface area contributed by atoms with E-state index < -0.39 is 0 Å². The molecule has 1 aliphatic carbocycles. The molecule has 2 aromatic rings. The molecule has 2 heterocycles. The summed E-state index contributed by atoms with van der Waals surface area (Å²) in [5, 5.41) is 6.65. The SMILES string of the molecule is O=C(Nc1nc2c(s1)COCC2)NC(c1ccccc1)C1CC1. The third kappa shape index (κ3) is 3.38. The quantitative estimate of drug-likeness (QED) is 0.902. The highest BCUT2D eigenvalue weighted by Crippen LogP contribution is 2.41. The third-order valence-corrected chi connectivity index (χ3v) is 5.24. The molecule has 1 aromatic heterocycles. The molecule has 0 radical (unpaired) electrons. The summed E-state index contributed by atoms with van der Waals surface area (Å²) in [6.45, 7) is 1.31. The van der Waals surface area contributed by atoms with Crippen molar-refractivity contribution in [3.05, 3.63) is 46.5 Å². The van der Waals surface area contributed by atoms with Gasteiger partial charge >= 0.3 is 6.03 Å². The van der Waals surface area contributed by atoms with Crippen molar-refractivity contribution in [3.63, 3.8) is 0 Å². The van der Waals surface area contributed by atoms with E-state index in [0.29, 0.717) is 24.3 Å². The molecule has 2 N–H and O–H groups in total. The van der Waals surface area contributed by atoms with Gasteiger partial charge in [-0.25, -0.2) is 9.78 Å². The van der Waals surface area contributed by atoms with Crippen LogP contribution in [0.1, 0.15) is 35.0 Å². The van der Waals surface area contributed by atoms with Gasteiger partial charge in [0.25, 0.3) is 0 Å². The number of nitrogens with zero attached hydrogens (tertiary/aromatic N) is 1. The van der Waals surface area contributed by atoms with E-state index in [0.717, 1.165) is 22.6 Å². The van der Waals surface area contributed by atoms with E-state index in [1.807, 2.05) is 18.2 Å². The van der Waals surface area contributed by atoms with E-state index in [2.05, 4.69) is 27.8 Å². The summed E-state index contributed by atoms with van der Waals surface area (Å²) in [7, 11) is 0. The van der Waals surface area contributed by atoms with E-state index in [9.17, 15) is 4.79 Å². The van der Waals surface area contributed by atoms with Crippen LogP contribution in [0.5, 0.6) is 0 Å². The highest BCUT2D eigenvalue weighted by atomic mass is 32.1. The Morgan fingerprint density at radius 3 is 2.87 bits per heavy atom. The second-order valence-electron chi connectivity index (χ2n) is 6.02. The summed E-state index contributed by atoms with van der Waals surface area (Å²) in [5.41, 5.74) is 2.22. The molecule has 0 bridgehead atoms. The average Bonchev–Trinajstić information content (AvgIpc) is 3.33. The van der Waals surface area contributed by atoms with Crippen molar-refractivity contribution in [2.45, 2.75) is 31.9 Å². The Balaban J connectivity index is 1.43. The molecule has 120 valence electrons. The van der Waals surface area contributed by atoms with E-state index in [-0.39, 0.29) is 12.1 Å². The largest absolute Gasteiger partial charge is 0.375 e. The summed E-state index contributed by atoms with van der Waals surface area (Å²) < 4.78 is 5.42. The molecule has 1 aliphatic heterocycles. The zero-order chi connectivity index (χ0) is 15.6. The van der Waals surface area contributed by atoms with E-state index in [1.165, 1.54) is 24.2 Å². The Bertz CT molecular complexity index is 674. The van der Waals surface area contributed by atoms with Crippen molar-refractivity contribution in [3.8, 4) is 0 Å². The number of fused-ring (bicyclic) bond motifs is 1. The number of ether oxygens (including phenoxy) is 1. The number of anilines is 1. The molecule has 1 fully saturated rings. The third-order valence-electron chi connectivity index (χ3n) is 4.25. The Morgan fingerprint density at radius 2 is 2.13 bits per heavy atom. The van der Waals surface area contributed by atoms with E-state index in [4.69, 9.17) is 4.74 Å². The summed E-state index contributed by atoms with van der Waals surface area (Å²) in [6.07, 6.45) is 3.16. The predicted octanol–water partition coefficient (Wildman–Crippen LogP) is 3.49. The lowest BCUT2D eigenvalue weighted by atomic mass is 10.0. The molecule has 1 atom stereocenters. The van der Waals surface area contributed by atoms with Crippen molar-refractivity contribution in [1.29, 1.82) is 0 Å². The van der Waals surface area contributed by atoms with Crippen LogP contribution in [0.4, 0.5) is 9.93 Å². The molecule has 2 amide bonds. The van der Waals surface area contributed by atoms with E-state index >= 15 is 0 Å². The first-order chi connectivity index (χ1) is 11.3. The molecule has 1 unspecified atom stereocenters. The van der Waals surface area contributed by atoms with Gasteiger partial charge < -0.3 is 10.1 Å². The fraction of sp³-hybridized carbons (Fsp3) is 0.412. The minimum atomic E-state index is -0.183. The second-order valence-corrected chi connectivity index (χ2v) is 7.10. The van der Waals surface area contributed by atoms with Crippen LogP contribution in [0.25, 0.3) is 0 Å². The average molecular weight is 329 g/mol. The topological polar surface area (TPSA) is 63.2 Å². The number of benzene rings is 1. The zero-order valence-electron chi connectivity index (χ0n) is 12.7. The number of amides is 2. The lowest BCUT2D eigenvalue weighted by Crippen LogP contribution is -2.33. The summed E-state index contributed by atoms with van der Waals surface area (Å²) >= 11 is 1.50. The Hall–Kier alpha value is -1.92. The zero-order valence-corrected chi connectivity index (χ0v) is 13.6. The molecule has 2 aliphatic rings. The summed E-state index contributed by atoms with van der Waals surface area (Å²) in [4.78, 5) is 18.0. The van der Waals surface area contributed by atoms with E-state index in [1.54, 1.807) is 0 Å². The maximum Gasteiger partial charge on any atom is 0.321 e. The normalized spacial score (nSPS) is 18.1. The minimum absolute atomic E-state index is 0.0779. The smallest absolute Gasteiger partial charge is 0.321 e. The Kier molecular flexibility index (Phi) is 4.01. The molecule has 1 aromatic carbocycles. The molecular formula is C17H19N3O2S. The van der Waals surface area contributed by atoms with Crippen LogP contribution in [-0.2, 0) is 17.8 Å². The van der Waals surface area contributed by atoms with Crippen LogP contribution in [0.3, 0.4) is 0 Å². The Morgan fingerprint density at radius 1 is 1.30 bits per heavy atom. The minimum Gasteiger partial charge on any atom is -0.375 e. The van der Waals surface area contributed by atoms with Crippen molar-refractivity contribution < 1.29 is 9.53 Å². The van der Waals surface area contributed by atoms with Gasteiger partial charge in [0.1, 0.15) is 0 Å². The number of carbonyl (C=O) groups excluding carboxylic acids is 1. The number of nitrogens with one attached hydrogen (secondary N) is 2. The maximum atomic E-state index is 12.4. The van der Waals surface area contributed by atoms with Gasteiger partial charge in [-0.15, -0.1) is 0 Å². The fourth-order valence-electron chi connectivity index (χ4n) is 2.92. The van der Waals surface area contributed by atoms with Gasteiger partial charge in [0.2, 0.25) is 0 Å². The molecule has 1 saturated carbocycles. The predicted molar refractivity (Wildman–Crippen MR) is 89.5 cm³/mol. The molecule has 23 heavy (non-hydrogen) atoms. The van der Waals surface area contributed by atoms with Gasteiger partial charge in [0, 0.05) is 6.42 Å². The highest BCUT2D eigenvalue weighted by Gasteiger charge is 2.33. The van der Waals surface area contributed by atoms with Gasteiger partial charge in [-0.1, -0.05) is 41.7 Å². The maximum absolute atomic E-state index is 12.4. The van der Waals surface area contributed by atoms with Gasteiger partial charge in [-0.3, -0.25) is 5.32 Å². The number of hydrogen-bond acceptors (Lipinski definition) is 4. The molecular weight excluding hydrogens is 310 g/mol. The summed E-state index contributed by atoms with van der Waals surface area (Å²) in [5.74, 6) is 0.543. The van der Waals surface area contributed by atoms with Crippen LogP contribution in [0, 0.1) is 5.92 Å². The van der Waals surface area contributed by atoms with Crippen LogP contribution >= 0.6 is 11.3 Å². The first-order valence-electron chi connectivity index (χ1n) is 7.98. The first-order valence-corrected chi connectivity index (χ1v) is 8.80. The van der Waals surface area contributed by atoms with Crippen molar-refractivity contribution in [1.82, 2.24) is 10.3 Å². The van der Waals surface area contributed by atoms with Crippen molar-refractivity contribution in [2.24, 2.45) is 5.92 Å². The standard InChI is InChI=1S/C17H19N3O2S/c21-16(20-17-18-13-8-9-22-10-14(13)23-17)19-15(12-6-7-12)11-4-2-1-3-5-11/h1-5,12,15H,6-10H2,(H2,18,19,20,21). The van der Waals surface area contributed by atoms with Crippen LogP contribution in [0.2, 0.25) is 0 Å². The number of carbonyl (C=O) groups is 1. The second kappa shape index (κ2) is 6.29. The number of thiazole rings is 1. The first kappa shape index (κ1) is 14.7. The molecule has 5 nitrogen and oxygen atoms in total. The summed E-state index contributed by atoms with van der Waals surface area (Å²) in [6, 6.07) is 10.1. The van der Waals surface area contributed by atoms with Crippen LogP contribution in [-0.4, -0.2) is 17.6 Å².